The summed E-state index contributed by atoms with van der Waals surface area (Å²) in [6.45, 7) is 2.09. The van der Waals surface area contributed by atoms with Crippen LogP contribution < -0.4 is 5.32 Å². The molecule has 0 saturated heterocycles. The van der Waals surface area contributed by atoms with Crippen LogP contribution in [-0.4, -0.2) is 0 Å². The van der Waals surface area contributed by atoms with Crippen molar-refractivity contribution in [2.75, 3.05) is 0 Å². The first kappa shape index (κ1) is 12.9. The van der Waals surface area contributed by atoms with E-state index in [4.69, 9.17) is 5.32 Å². The van der Waals surface area contributed by atoms with Gasteiger partial charge in [0.2, 0.25) is 0 Å². The third-order valence-corrected chi connectivity index (χ3v) is 3.97. The van der Waals surface area contributed by atoms with Crippen LogP contribution in [-0.2, 0) is 0 Å². The lowest BCUT2D eigenvalue weighted by Gasteiger charge is -2.09. The van der Waals surface area contributed by atoms with Gasteiger partial charge in [0.25, 0.3) is 0 Å². The van der Waals surface area contributed by atoms with E-state index in [1.165, 1.54) is 27.1 Å². The van der Waals surface area contributed by atoms with E-state index in [2.05, 4.69) is 79.7 Å². The minimum atomic E-state index is 1.00. The standard InChI is InChI=1S/C21H16N/c1-15-6-4-10-19(12-15)22-21-11-5-9-18-13-16-7-2-3-8-17(16)14-20(18)21/h2-14H,1H3. The molecule has 4 rings (SSSR count). The van der Waals surface area contributed by atoms with Gasteiger partial charge in [-0.2, -0.15) is 0 Å². The van der Waals surface area contributed by atoms with Crippen LogP contribution in [0.1, 0.15) is 5.56 Å². The molecule has 0 bridgehead atoms. The van der Waals surface area contributed by atoms with E-state index < -0.39 is 0 Å². The number of benzene rings is 4. The first-order valence-corrected chi connectivity index (χ1v) is 7.49. The number of rotatable bonds is 2. The van der Waals surface area contributed by atoms with Gasteiger partial charge in [0.05, 0.1) is 11.4 Å². The number of aryl methyl sites for hydroxylation is 1. The molecule has 0 unspecified atom stereocenters. The minimum absolute atomic E-state index is 1.00. The smallest absolute Gasteiger partial charge is 0.0715 e. The summed E-state index contributed by atoms with van der Waals surface area (Å²) < 4.78 is 0. The second-order valence-electron chi connectivity index (χ2n) is 5.65. The van der Waals surface area contributed by atoms with Gasteiger partial charge in [-0.05, 0) is 59.0 Å². The van der Waals surface area contributed by atoms with Crippen LogP contribution >= 0.6 is 0 Å². The molecule has 0 saturated carbocycles. The molecule has 105 valence electrons. The van der Waals surface area contributed by atoms with Crippen molar-refractivity contribution in [3.63, 3.8) is 0 Å². The lowest BCUT2D eigenvalue weighted by Crippen LogP contribution is -1.90. The van der Waals surface area contributed by atoms with Crippen LogP contribution in [0.25, 0.3) is 21.5 Å². The number of fused-ring (bicyclic) bond motifs is 2. The molecule has 1 nitrogen and oxygen atoms in total. The Kier molecular flexibility index (Phi) is 3.05. The molecule has 1 heteroatoms. The SMILES string of the molecule is Cc1cccc([N]c2cccc3cc4ccccc4cc23)c1. The summed E-state index contributed by atoms with van der Waals surface area (Å²) in [5, 5.41) is 9.78. The number of hydrogen-bond donors (Lipinski definition) is 0. The van der Waals surface area contributed by atoms with Crippen molar-refractivity contribution < 1.29 is 0 Å². The molecule has 4 aromatic carbocycles. The van der Waals surface area contributed by atoms with Crippen LogP contribution in [0.3, 0.4) is 0 Å². The van der Waals surface area contributed by atoms with Crippen molar-refractivity contribution in [2.24, 2.45) is 0 Å². The summed E-state index contributed by atoms with van der Waals surface area (Å²) in [5.41, 5.74) is 3.25. The molecule has 0 aliphatic carbocycles. The summed E-state index contributed by atoms with van der Waals surface area (Å²) in [7, 11) is 0. The van der Waals surface area contributed by atoms with Gasteiger partial charge in [-0.3, -0.25) is 0 Å². The van der Waals surface area contributed by atoms with Gasteiger partial charge in [-0.1, -0.05) is 48.5 Å². The predicted octanol–water partition coefficient (Wildman–Crippen LogP) is 5.87. The van der Waals surface area contributed by atoms with E-state index in [-0.39, 0.29) is 0 Å². The van der Waals surface area contributed by atoms with Gasteiger partial charge >= 0.3 is 0 Å². The lowest BCUT2D eigenvalue weighted by atomic mass is 10.0. The summed E-state index contributed by atoms with van der Waals surface area (Å²) in [5.74, 6) is 0. The third-order valence-electron chi connectivity index (χ3n) is 3.97. The topological polar surface area (TPSA) is 14.1 Å². The van der Waals surface area contributed by atoms with Crippen molar-refractivity contribution in [1.29, 1.82) is 0 Å². The maximum absolute atomic E-state index is 4.84. The Morgan fingerprint density at radius 2 is 1.36 bits per heavy atom. The molecular weight excluding hydrogens is 266 g/mol. The van der Waals surface area contributed by atoms with Crippen molar-refractivity contribution in [3.05, 3.63) is 84.4 Å². The van der Waals surface area contributed by atoms with Crippen LogP contribution in [0.15, 0.2) is 78.9 Å². The first-order valence-electron chi connectivity index (χ1n) is 7.49. The predicted molar refractivity (Wildman–Crippen MR) is 94.1 cm³/mol. The Morgan fingerprint density at radius 1 is 0.636 bits per heavy atom. The zero-order valence-electron chi connectivity index (χ0n) is 12.5. The second-order valence-corrected chi connectivity index (χ2v) is 5.65. The fraction of sp³-hybridized carbons (Fsp3) is 0.0476. The molecule has 4 aromatic rings. The van der Waals surface area contributed by atoms with Crippen LogP contribution in [0.4, 0.5) is 11.4 Å². The molecule has 0 aliphatic rings. The van der Waals surface area contributed by atoms with Crippen molar-refractivity contribution in [1.82, 2.24) is 5.32 Å². The normalized spacial score (nSPS) is 11.0. The van der Waals surface area contributed by atoms with Gasteiger partial charge in [0, 0.05) is 5.39 Å². The maximum atomic E-state index is 4.84. The molecule has 0 aromatic heterocycles. The summed E-state index contributed by atoms with van der Waals surface area (Å²) in [6.07, 6.45) is 0. The Bertz CT molecular complexity index is 970. The Balaban J connectivity index is 1.88. The Morgan fingerprint density at radius 3 is 2.18 bits per heavy atom. The summed E-state index contributed by atoms with van der Waals surface area (Å²) >= 11 is 0. The maximum Gasteiger partial charge on any atom is 0.0715 e. The van der Waals surface area contributed by atoms with Gasteiger partial charge in [-0.25, -0.2) is 5.32 Å². The molecule has 0 spiro atoms. The molecule has 1 radical (unpaired) electrons. The van der Waals surface area contributed by atoms with Gasteiger partial charge in [-0.15, -0.1) is 0 Å². The molecule has 0 heterocycles. The van der Waals surface area contributed by atoms with Gasteiger partial charge < -0.3 is 0 Å². The van der Waals surface area contributed by atoms with Crippen LogP contribution in [0.5, 0.6) is 0 Å². The number of nitrogens with zero attached hydrogens (tertiary/aromatic N) is 1. The van der Waals surface area contributed by atoms with Crippen molar-refractivity contribution in [2.45, 2.75) is 6.92 Å². The van der Waals surface area contributed by atoms with Crippen molar-refractivity contribution >= 4 is 32.9 Å². The molecule has 0 atom stereocenters. The van der Waals surface area contributed by atoms with E-state index in [0.29, 0.717) is 0 Å². The van der Waals surface area contributed by atoms with E-state index in [0.717, 1.165) is 11.4 Å². The molecule has 22 heavy (non-hydrogen) atoms. The monoisotopic (exact) mass is 282 g/mol. The molecular formula is C21H16N. The third kappa shape index (κ3) is 2.31. The largest absolute Gasteiger partial charge is 0.248 e. The Hall–Kier alpha value is -2.80. The first-order chi connectivity index (χ1) is 10.8. The number of hydrogen-bond acceptors (Lipinski definition) is 0. The fourth-order valence-electron chi connectivity index (χ4n) is 2.88. The van der Waals surface area contributed by atoms with Crippen LogP contribution in [0.2, 0.25) is 0 Å². The fourth-order valence-corrected chi connectivity index (χ4v) is 2.88. The highest BCUT2D eigenvalue weighted by molar-refractivity contribution is 6.03. The quantitative estimate of drug-likeness (QED) is 0.408. The zero-order valence-corrected chi connectivity index (χ0v) is 12.5. The molecule has 0 aliphatic heterocycles. The summed E-state index contributed by atoms with van der Waals surface area (Å²) in [6, 6.07) is 27.5. The summed E-state index contributed by atoms with van der Waals surface area (Å²) in [4.78, 5) is 0. The Labute approximate surface area is 130 Å². The van der Waals surface area contributed by atoms with E-state index in [1.807, 2.05) is 6.07 Å². The molecule has 0 N–H and O–H groups in total. The highest BCUT2D eigenvalue weighted by Crippen LogP contribution is 2.30. The average Bonchev–Trinajstić information content (AvgIpc) is 2.53. The van der Waals surface area contributed by atoms with E-state index in [9.17, 15) is 0 Å². The average molecular weight is 282 g/mol. The lowest BCUT2D eigenvalue weighted by molar-refractivity contribution is 1.19. The van der Waals surface area contributed by atoms with Crippen LogP contribution in [0, 0.1) is 6.92 Å². The highest BCUT2D eigenvalue weighted by atomic mass is 14.9. The zero-order chi connectivity index (χ0) is 14.9. The van der Waals surface area contributed by atoms with E-state index >= 15 is 0 Å². The van der Waals surface area contributed by atoms with Crippen molar-refractivity contribution in [3.8, 4) is 0 Å². The highest BCUT2D eigenvalue weighted by Gasteiger charge is 2.05. The molecule has 0 fully saturated rings. The van der Waals surface area contributed by atoms with Gasteiger partial charge in [0.1, 0.15) is 0 Å². The van der Waals surface area contributed by atoms with Gasteiger partial charge in [0.15, 0.2) is 0 Å². The minimum Gasteiger partial charge on any atom is -0.248 e. The van der Waals surface area contributed by atoms with E-state index in [1.54, 1.807) is 0 Å². The second kappa shape index (κ2) is 5.19. The molecule has 0 amide bonds.